The third kappa shape index (κ3) is 2.56. The molecule has 2 rings (SSSR count). The van der Waals surface area contributed by atoms with Gasteiger partial charge in [0.2, 0.25) is 0 Å². The molecule has 0 aromatic carbocycles. The normalized spacial score (nSPS) is 21.8. The molecule has 0 amide bonds. The first-order valence-corrected chi connectivity index (χ1v) is 7.22. The summed E-state index contributed by atoms with van der Waals surface area (Å²) < 4.78 is 5.16. The van der Waals surface area contributed by atoms with Gasteiger partial charge in [-0.05, 0) is 29.9 Å². The van der Waals surface area contributed by atoms with Crippen LogP contribution in [0.4, 0.5) is 0 Å². The maximum Gasteiger partial charge on any atom is 0.335 e. The largest absolute Gasteiger partial charge is 0.461 e. The van der Waals surface area contributed by atoms with Crippen molar-refractivity contribution in [1.29, 1.82) is 0 Å². The Morgan fingerprint density at radius 1 is 1.67 bits per heavy atom. The zero-order valence-corrected chi connectivity index (χ0v) is 11.5. The van der Waals surface area contributed by atoms with Gasteiger partial charge in [-0.2, -0.15) is 0 Å². The number of ether oxygens (including phenoxy) is 1. The molecule has 3 heteroatoms. The average Bonchev–Trinajstić information content (AvgIpc) is 3.01. The minimum Gasteiger partial charge on any atom is -0.461 e. The Morgan fingerprint density at radius 3 is 3.11 bits per heavy atom. The summed E-state index contributed by atoms with van der Waals surface area (Å²) in [5.41, 5.74) is 1.97. The second-order valence-corrected chi connectivity index (χ2v) is 5.36. The Balaban J connectivity index is 2.42. The number of carbonyl (C=O) groups is 1. The quantitative estimate of drug-likeness (QED) is 0.454. The topological polar surface area (TPSA) is 26.3 Å². The summed E-state index contributed by atoms with van der Waals surface area (Å²) in [5, 5.41) is 2.05. The molecule has 96 valence electrons. The van der Waals surface area contributed by atoms with Crippen LogP contribution in [-0.2, 0) is 9.53 Å². The number of hydrogen-bond acceptors (Lipinski definition) is 3. The monoisotopic (exact) mass is 262 g/mol. The molecule has 0 radical (unpaired) electrons. The lowest BCUT2D eigenvalue weighted by molar-refractivity contribution is -0.135. The number of carbonyl (C=O) groups excluding carboxylic acids is 1. The second-order valence-electron chi connectivity index (χ2n) is 4.41. The van der Waals surface area contributed by atoms with Gasteiger partial charge in [0.1, 0.15) is 6.61 Å². The molecule has 1 aliphatic heterocycles. The van der Waals surface area contributed by atoms with E-state index < -0.39 is 0 Å². The lowest BCUT2D eigenvalue weighted by atomic mass is 9.93. The summed E-state index contributed by atoms with van der Waals surface area (Å²) in [6.45, 7) is 6.41. The fraction of sp³-hybridized carbons (Fsp3) is 0.400. The lowest BCUT2D eigenvalue weighted by Gasteiger charge is -2.10. The van der Waals surface area contributed by atoms with Gasteiger partial charge < -0.3 is 4.74 Å². The van der Waals surface area contributed by atoms with E-state index in [0.29, 0.717) is 6.61 Å². The molecule has 1 fully saturated rings. The molecule has 0 saturated carbocycles. The Bertz CT molecular complexity index is 457. The van der Waals surface area contributed by atoms with E-state index in [1.54, 1.807) is 11.3 Å². The number of rotatable bonds is 5. The molecule has 2 heterocycles. The first-order chi connectivity index (χ1) is 8.77. The van der Waals surface area contributed by atoms with Gasteiger partial charge in [0.05, 0.1) is 5.57 Å². The summed E-state index contributed by atoms with van der Waals surface area (Å²) in [5.74, 6) is -0.120. The van der Waals surface area contributed by atoms with Gasteiger partial charge in [-0.25, -0.2) is 4.79 Å². The van der Waals surface area contributed by atoms with Gasteiger partial charge in [-0.1, -0.05) is 25.5 Å². The van der Waals surface area contributed by atoms with Gasteiger partial charge >= 0.3 is 5.97 Å². The fourth-order valence-electron chi connectivity index (χ4n) is 2.21. The number of allylic oxidation sites excluding steroid dienone is 1. The standard InChI is InChI=1S/C15H18O2S/c1-3-5-7-12(13-8-6-9-18-13)14-11(4-2)10-17-15(14)16/h4,6,8-9,11H,2-3,5,7,10H2,1H3/b14-12+. The molecule has 0 N–H and O–H groups in total. The van der Waals surface area contributed by atoms with Crippen molar-refractivity contribution in [2.75, 3.05) is 6.61 Å². The molecule has 0 spiro atoms. The summed E-state index contributed by atoms with van der Waals surface area (Å²) in [6, 6.07) is 4.10. The van der Waals surface area contributed by atoms with Crippen molar-refractivity contribution in [3.05, 3.63) is 40.6 Å². The molecule has 0 aliphatic carbocycles. The zero-order valence-electron chi connectivity index (χ0n) is 10.6. The van der Waals surface area contributed by atoms with Crippen LogP contribution in [0.2, 0.25) is 0 Å². The Hall–Kier alpha value is -1.35. The number of esters is 1. The van der Waals surface area contributed by atoms with Gasteiger partial charge in [0.25, 0.3) is 0 Å². The van der Waals surface area contributed by atoms with Crippen LogP contribution >= 0.6 is 11.3 Å². The number of cyclic esters (lactones) is 1. The minimum absolute atomic E-state index is 0.0476. The van der Waals surface area contributed by atoms with Crippen LogP contribution in [0.25, 0.3) is 5.57 Å². The molecule has 18 heavy (non-hydrogen) atoms. The van der Waals surface area contributed by atoms with Crippen molar-refractivity contribution < 1.29 is 9.53 Å². The van der Waals surface area contributed by atoms with Crippen LogP contribution in [0.3, 0.4) is 0 Å². The van der Waals surface area contributed by atoms with Gasteiger partial charge in [0, 0.05) is 10.8 Å². The van der Waals surface area contributed by atoms with E-state index in [1.807, 2.05) is 17.5 Å². The predicted molar refractivity (Wildman–Crippen MR) is 75.4 cm³/mol. The van der Waals surface area contributed by atoms with Crippen molar-refractivity contribution in [3.63, 3.8) is 0 Å². The first kappa shape index (κ1) is 13.1. The lowest BCUT2D eigenvalue weighted by Crippen LogP contribution is -2.04. The maximum absolute atomic E-state index is 11.9. The van der Waals surface area contributed by atoms with Crippen molar-refractivity contribution >= 4 is 22.9 Å². The fourth-order valence-corrected chi connectivity index (χ4v) is 3.02. The molecule has 1 aliphatic rings. The van der Waals surface area contributed by atoms with E-state index >= 15 is 0 Å². The highest BCUT2D eigenvalue weighted by atomic mass is 32.1. The van der Waals surface area contributed by atoms with E-state index in [9.17, 15) is 4.79 Å². The highest BCUT2D eigenvalue weighted by Crippen LogP contribution is 2.35. The van der Waals surface area contributed by atoms with Crippen LogP contribution in [0.5, 0.6) is 0 Å². The van der Waals surface area contributed by atoms with Crippen LogP contribution in [0.1, 0.15) is 31.1 Å². The second kappa shape index (κ2) is 6.01. The smallest absolute Gasteiger partial charge is 0.335 e. The minimum atomic E-state index is -0.167. The molecule has 1 aromatic heterocycles. The molecule has 1 atom stereocenters. The van der Waals surface area contributed by atoms with Crippen molar-refractivity contribution in [1.82, 2.24) is 0 Å². The third-order valence-electron chi connectivity index (χ3n) is 3.19. The summed E-state index contributed by atoms with van der Waals surface area (Å²) in [4.78, 5) is 13.1. The maximum atomic E-state index is 11.9. The number of hydrogen-bond donors (Lipinski definition) is 0. The molecule has 2 nitrogen and oxygen atoms in total. The van der Waals surface area contributed by atoms with Gasteiger partial charge in [-0.3, -0.25) is 0 Å². The highest BCUT2D eigenvalue weighted by molar-refractivity contribution is 7.11. The van der Waals surface area contributed by atoms with E-state index in [1.165, 1.54) is 4.88 Å². The van der Waals surface area contributed by atoms with E-state index in [0.717, 1.165) is 30.4 Å². The van der Waals surface area contributed by atoms with E-state index in [-0.39, 0.29) is 11.9 Å². The molecule has 1 unspecified atom stereocenters. The molecule has 0 bridgehead atoms. The van der Waals surface area contributed by atoms with Crippen LogP contribution < -0.4 is 0 Å². The van der Waals surface area contributed by atoms with Crippen molar-refractivity contribution in [2.24, 2.45) is 5.92 Å². The number of unbranched alkanes of at least 4 members (excludes halogenated alkanes) is 1. The summed E-state index contributed by atoms with van der Waals surface area (Å²) >= 11 is 1.68. The van der Waals surface area contributed by atoms with Crippen molar-refractivity contribution in [3.8, 4) is 0 Å². The number of thiophene rings is 1. The molecular weight excluding hydrogens is 244 g/mol. The molecule has 1 saturated heterocycles. The average molecular weight is 262 g/mol. The summed E-state index contributed by atoms with van der Waals surface area (Å²) in [6.07, 6.45) is 4.97. The Morgan fingerprint density at radius 2 is 2.50 bits per heavy atom. The zero-order chi connectivity index (χ0) is 13.0. The predicted octanol–water partition coefficient (Wildman–Crippen LogP) is 4.05. The Labute approximate surface area is 112 Å². The third-order valence-corrected chi connectivity index (χ3v) is 4.12. The van der Waals surface area contributed by atoms with Crippen LogP contribution in [0.15, 0.2) is 35.7 Å². The van der Waals surface area contributed by atoms with E-state index in [4.69, 9.17) is 4.74 Å². The van der Waals surface area contributed by atoms with Gasteiger partial charge in [-0.15, -0.1) is 17.9 Å². The summed E-state index contributed by atoms with van der Waals surface area (Å²) in [7, 11) is 0. The van der Waals surface area contributed by atoms with Crippen LogP contribution in [-0.4, -0.2) is 12.6 Å². The van der Waals surface area contributed by atoms with Crippen molar-refractivity contribution in [2.45, 2.75) is 26.2 Å². The van der Waals surface area contributed by atoms with Gasteiger partial charge in [0.15, 0.2) is 0 Å². The Kier molecular flexibility index (Phi) is 4.37. The molecular formula is C15H18O2S. The first-order valence-electron chi connectivity index (χ1n) is 6.34. The highest BCUT2D eigenvalue weighted by Gasteiger charge is 2.31. The molecule has 1 aromatic rings. The van der Waals surface area contributed by atoms with Crippen LogP contribution in [0, 0.1) is 5.92 Å². The van der Waals surface area contributed by atoms with E-state index in [2.05, 4.69) is 19.6 Å². The SMILES string of the molecule is C=CC1COC(=O)/C1=C(\CCCC)c1cccs1.